The maximum Gasteiger partial charge on any atom is 0.417 e. The number of phenols is 1. The van der Waals surface area contributed by atoms with Gasteiger partial charge >= 0.3 is 12.2 Å². The quantitative estimate of drug-likeness (QED) is 0.462. The molecule has 0 spiro atoms. The summed E-state index contributed by atoms with van der Waals surface area (Å²) in [6.07, 6.45) is -3.82. The Kier molecular flexibility index (Phi) is 7.55. The van der Waals surface area contributed by atoms with E-state index >= 15 is 4.39 Å². The third-order valence-corrected chi connectivity index (χ3v) is 11.5. The van der Waals surface area contributed by atoms with Gasteiger partial charge in [-0.3, -0.25) is 4.90 Å². The number of fused-ring (bicyclic) bond motifs is 2. The van der Waals surface area contributed by atoms with Crippen molar-refractivity contribution in [2.24, 2.45) is 0 Å². The number of ether oxygens (including phenoxy) is 1. The second-order valence-corrected chi connectivity index (χ2v) is 15.1. The molecule has 1 aromatic carbocycles. The minimum Gasteiger partial charge on any atom is -0.505 e. The molecule has 3 saturated heterocycles. The first kappa shape index (κ1) is 31.2. The maximum atomic E-state index is 15.3. The highest BCUT2D eigenvalue weighted by Gasteiger charge is 2.50. The number of rotatable bonds is 5. The first-order chi connectivity index (χ1) is 20.5. The molecule has 0 saturated carbocycles. The molecule has 44 heavy (non-hydrogen) atoms. The number of aryl methyl sites for hydroxylation is 1. The molecule has 0 radical (unpaired) electrons. The van der Waals surface area contributed by atoms with E-state index in [0.29, 0.717) is 38.4 Å². The number of alkyl halides is 4. The van der Waals surface area contributed by atoms with Crippen molar-refractivity contribution in [2.75, 3.05) is 37.7 Å². The predicted octanol–water partition coefficient (Wildman–Crippen LogP) is 4.17. The molecule has 0 unspecified atom stereocenters. The highest BCUT2D eigenvalue weighted by molar-refractivity contribution is 7.91. The standard InChI is InChI=1S/C29H35F5N4O5S/c1-16-9-20(39)24(31)22(23(16)29(32,33)34)21-10-19-18(13-44(21,41)42)25(37-7-3-5-27(2,40)14-37)36-26(35-19)43-15-28-6-4-8-38(28)12-17(30)11-28/h9,17,21,39-40H,3-8,10-15H2,1-2H3/t17-,21-,27-,28+/m1/s1. The monoisotopic (exact) mass is 646 g/mol. The first-order valence-corrected chi connectivity index (χ1v) is 16.4. The van der Waals surface area contributed by atoms with Crippen LogP contribution in [0.3, 0.4) is 0 Å². The van der Waals surface area contributed by atoms with Gasteiger partial charge in [-0.2, -0.15) is 23.1 Å². The zero-order chi connectivity index (χ0) is 31.8. The zero-order valence-corrected chi connectivity index (χ0v) is 25.2. The summed E-state index contributed by atoms with van der Waals surface area (Å²) >= 11 is 0. The zero-order valence-electron chi connectivity index (χ0n) is 24.4. The van der Waals surface area contributed by atoms with Crippen LogP contribution in [0.15, 0.2) is 6.07 Å². The molecule has 4 atom stereocenters. The van der Waals surface area contributed by atoms with E-state index < -0.39 is 79.0 Å². The van der Waals surface area contributed by atoms with Crippen molar-refractivity contribution in [3.8, 4) is 11.8 Å². The van der Waals surface area contributed by atoms with Crippen molar-refractivity contribution in [2.45, 2.75) is 86.9 Å². The Morgan fingerprint density at radius 2 is 1.91 bits per heavy atom. The van der Waals surface area contributed by atoms with Gasteiger partial charge in [-0.15, -0.1) is 0 Å². The molecule has 0 bridgehead atoms. The van der Waals surface area contributed by atoms with E-state index in [1.54, 1.807) is 11.8 Å². The van der Waals surface area contributed by atoms with Crippen LogP contribution in [0.4, 0.5) is 27.8 Å². The van der Waals surface area contributed by atoms with Crippen LogP contribution in [0.2, 0.25) is 0 Å². The van der Waals surface area contributed by atoms with Crippen LogP contribution in [-0.2, 0) is 28.2 Å². The lowest BCUT2D eigenvalue weighted by Gasteiger charge is -2.39. The van der Waals surface area contributed by atoms with E-state index in [-0.39, 0.29) is 42.7 Å². The molecule has 5 heterocycles. The molecule has 0 aliphatic carbocycles. The van der Waals surface area contributed by atoms with Gasteiger partial charge in [0, 0.05) is 43.6 Å². The molecule has 6 rings (SSSR count). The average Bonchev–Trinajstić information content (AvgIpc) is 3.43. The first-order valence-electron chi connectivity index (χ1n) is 14.7. The maximum absolute atomic E-state index is 15.3. The second-order valence-electron chi connectivity index (χ2n) is 13.0. The molecule has 4 aliphatic heterocycles. The Labute approximate surface area is 252 Å². The molecule has 0 amide bonds. The van der Waals surface area contributed by atoms with E-state index in [1.807, 2.05) is 4.90 Å². The summed E-state index contributed by atoms with van der Waals surface area (Å²) in [6, 6.07) is 0.463. The number of anilines is 1. The van der Waals surface area contributed by atoms with Crippen molar-refractivity contribution in [3.05, 3.63) is 39.8 Å². The topological polar surface area (TPSA) is 116 Å². The van der Waals surface area contributed by atoms with E-state index in [9.17, 15) is 36.2 Å². The number of sulfone groups is 1. The Bertz CT molecular complexity index is 1590. The summed E-state index contributed by atoms with van der Waals surface area (Å²) in [5.74, 6) is -3.35. The van der Waals surface area contributed by atoms with Crippen molar-refractivity contribution in [3.63, 3.8) is 0 Å². The van der Waals surface area contributed by atoms with Crippen molar-refractivity contribution < 1.29 is 45.3 Å². The molecule has 1 aromatic heterocycles. The summed E-state index contributed by atoms with van der Waals surface area (Å²) in [5.41, 5.74) is -4.57. The molecule has 2 N–H and O–H groups in total. The number of aromatic hydroxyl groups is 1. The SMILES string of the molecule is Cc1cc(O)c(F)c([C@H]2Cc3nc(OC[C@@]45CCCN4C[C@H](F)C5)nc(N4CCC[C@@](C)(O)C4)c3CS2(=O)=O)c1C(F)(F)F. The fourth-order valence-corrected chi connectivity index (χ4v) is 9.44. The average molecular weight is 647 g/mol. The molecule has 242 valence electrons. The number of benzene rings is 1. The molecule has 3 fully saturated rings. The molecular weight excluding hydrogens is 611 g/mol. The van der Waals surface area contributed by atoms with Crippen LogP contribution >= 0.6 is 0 Å². The Morgan fingerprint density at radius 3 is 2.61 bits per heavy atom. The van der Waals surface area contributed by atoms with Gasteiger partial charge in [-0.1, -0.05) is 0 Å². The molecule has 15 heteroatoms. The number of β-amino-alcohol motifs (C(OH)–C–C–N with tert-alkyl or cyclic N) is 1. The van der Waals surface area contributed by atoms with Gasteiger partial charge in [0.2, 0.25) is 0 Å². The van der Waals surface area contributed by atoms with E-state index in [0.717, 1.165) is 19.9 Å². The fraction of sp³-hybridized carbons (Fsp3) is 0.655. The Balaban J connectivity index is 1.44. The fourth-order valence-electron chi connectivity index (χ4n) is 7.55. The van der Waals surface area contributed by atoms with Gasteiger partial charge in [-0.05, 0) is 57.7 Å². The van der Waals surface area contributed by atoms with Gasteiger partial charge in [0.25, 0.3) is 0 Å². The van der Waals surface area contributed by atoms with Crippen molar-refractivity contribution in [1.82, 2.24) is 14.9 Å². The molecular formula is C29H35F5N4O5S. The highest BCUT2D eigenvalue weighted by atomic mass is 32.2. The third kappa shape index (κ3) is 5.48. The third-order valence-electron chi connectivity index (χ3n) is 9.50. The van der Waals surface area contributed by atoms with E-state index in [2.05, 4.69) is 9.97 Å². The minimum absolute atomic E-state index is 0.0592. The van der Waals surface area contributed by atoms with Gasteiger partial charge in [0.15, 0.2) is 21.4 Å². The number of hydrogen-bond donors (Lipinski definition) is 2. The molecule has 4 aliphatic rings. The summed E-state index contributed by atoms with van der Waals surface area (Å²) < 4.78 is 106. The normalized spacial score (nSPS) is 30.3. The van der Waals surface area contributed by atoms with Crippen molar-refractivity contribution in [1.29, 1.82) is 0 Å². The number of halogens is 5. The lowest BCUT2D eigenvalue weighted by Crippen LogP contribution is -2.47. The van der Waals surface area contributed by atoms with Gasteiger partial charge in [0.1, 0.15) is 18.6 Å². The molecule has 2 aromatic rings. The van der Waals surface area contributed by atoms with E-state index in [4.69, 9.17) is 4.74 Å². The van der Waals surface area contributed by atoms with Crippen LogP contribution in [0.1, 0.15) is 72.2 Å². The predicted molar refractivity (Wildman–Crippen MR) is 150 cm³/mol. The minimum atomic E-state index is -5.10. The Morgan fingerprint density at radius 1 is 1.18 bits per heavy atom. The summed E-state index contributed by atoms with van der Waals surface area (Å²) in [6.45, 7) is 4.27. The van der Waals surface area contributed by atoms with Crippen LogP contribution in [0.25, 0.3) is 0 Å². The summed E-state index contributed by atoms with van der Waals surface area (Å²) in [4.78, 5) is 12.7. The second kappa shape index (κ2) is 10.6. The molecule has 9 nitrogen and oxygen atoms in total. The summed E-state index contributed by atoms with van der Waals surface area (Å²) in [5, 5.41) is 18.9. The number of hydrogen-bond acceptors (Lipinski definition) is 9. The smallest absolute Gasteiger partial charge is 0.417 e. The van der Waals surface area contributed by atoms with Crippen LogP contribution < -0.4 is 9.64 Å². The lowest BCUT2D eigenvalue weighted by molar-refractivity contribution is -0.138. The van der Waals surface area contributed by atoms with Gasteiger partial charge < -0.3 is 19.8 Å². The van der Waals surface area contributed by atoms with Gasteiger partial charge in [-0.25, -0.2) is 17.2 Å². The van der Waals surface area contributed by atoms with Gasteiger partial charge in [0.05, 0.1) is 33.4 Å². The van der Waals surface area contributed by atoms with Crippen molar-refractivity contribution >= 4 is 15.7 Å². The number of aromatic nitrogens is 2. The number of piperidine rings is 1. The number of aliphatic hydroxyl groups is 1. The van der Waals surface area contributed by atoms with Crippen LogP contribution in [0, 0.1) is 12.7 Å². The largest absolute Gasteiger partial charge is 0.505 e. The Hall–Kier alpha value is -2.78. The van der Waals surface area contributed by atoms with E-state index in [1.165, 1.54) is 0 Å². The van der Waals surface area contributed by atoms with Crippen LogP contribution in [0.5, 0.6) is 11.8 Å². The lowest BCUT2D eigenvalue weighted by atomic mass is 9.93. The summed E-state index contributed by atoms with van der Waals surface area (Å²) in [7, 11) is -4.49. The number of nitrogens with zero attached hydrogens (tertiary/aromatic N) is 4. The number of phenolic OH excluding ortho intramolecular Hbond substituents is 1. The highest BCUT2D eigenvalue weighted by Crippen LogP contribution is 2.48. The van der Waals surface area contributed by atoms with Crippen LogP contribution in [-0.4, -0.2) is 83.6 Å².